The van der Waals surface area contributed by atoms with Gasteiger partial charge >= 0.3 is 5.97 Å². The van der Waals surface area contributed by atoms with Crippen LogP contribution in [0.1, 0.15) is 64.7 Å². The zero-order chi connectivity index (χ0) is 14.5. The minimum atomic E-state index is -1.02. The topological polar surface area (TPSA) is 92.4 Å². The molecule has 4 N–H and O–H groups in total. The number of hydrogen-bond donors (Lipinski definition) is 3. The van der Waals surface area contributed by atoms with Gasteiger partial charge in [-0.25, -0.2) is 0 Å². The quantitative estimate of drug-likeness (QED) is 0.447. The molecule has 1 atom stereocenters. The molecule has 0 aliphatic carbocycles. The van der Waals surface area contributed by atoms with Gasteiger partial charge in [0.25, 0.3) is 0 Å². The fourth-order valence-corrected chi connectivity index (χ4v) is 1.98. The lowest BCUT2D eigenvalue weighted by atomic mass is 10.1. The molecule has 0 aromatic carbocycles. The minimum Gasteiger partial charge on any atom is -0.480 e. The summed E-state index contributed by atoms with van der Waals surface area (Å²) in [5.41, 5.74) is 5.00. The van der Waals surface area contributed by atoms with Crippen LogP contribution in [0.15, 0.2) is 0 Å². The monoisotopic (exact) mass is 272 g/mol. The number of nitrogens with one attached hydrogen (secondary N) is 1. The number of primary amides is 1. The fourth-order valence-electron chi connectivity index (χ4n) is 1.98. The van der Waals surface area contributed by atoms with E-state index in [0.29, 0.717) is 6.54 Å². The maximum atomic E-state index is 10.8. The first-order valence-electron chi connectivity index (χ1n) is 7.32. The Morgan fingerprint density at radius 2 is 1.58 bits per heavy atom. The maximum absolute atomic E-state index is 10.8. The number of rotatable bonds is 13. The Morgan fingerprint density at radius 1 is 1.05 bits per heavy atom. The maximum Gasteiger partial charge on any atom is 0.321 e. The van der Waals surface area contributed by atoms with Gasteiger partial charge < -0.3 is 16.2 Å². The number of hydrogen-bond acceptors (Lipinski definition) is 3. The highest BCUT2D eigenvalue weighted by Gasteiger charge is 2.18. The smallest absolute Gasteiger partial charge is 0.321 e. The van der Waals surface area contributed by atoms with Crippen LogP contribution in [0.2, 0.25) is 0 Å². The first-order chi connectivity index (χ1) is 9.07. The number of nitrogens with two attached hydrogens (primary N) is 1. The second kappa shape index (κ2) is 12.0. The summed E-state index contributed by atoms with van der Waals surface area (Å²) in [6.07, 6.45) is 9.53. The molecule has 0 rings (SSSR count). The van der Waals surface area contributed by atoms with E-state index in [1.165, 1.54) is 38.5 Å². The highest BCUT2D eigenvalue weighted by molar-refractivity contribution is 5.83. The average Bonchev–Trinajstić information content (AvgIpc) is 2.34. The summed E-state index contributed by atoms with van der Waals surface area (Å²) in [4.78, 5) is 21.5. The number of carbonyl (C=O) groups is 2. The van der Waals surface area contributed by atoms with Gasteiger partial charge in [0, 0.05) is 0 Å². The van der Waals surface area contributed by atoms with Crippen LogP contribution in [0.25, 0.3) is 0 Å². The zero-order valence-electron chi connectivity index (χ0n) is 12.0. The second-order valence-corrected chi connectivity index (χ2v) is 4.99. The molecule has 0 saturated carbocycles. The molecule has 0 aliphatic heterocycles. The molecule has 0 radical (unpaired) electrons. The van der Waals surface area contributed by atoms with Crippen LogP contribution in [0.3, 0.4) is 0 Å². The summed E-state index contributed by atoms with van der Waals surface area (Å²) in [7, 11) is 0. The first kappa shape index (κ1) is 17.9. The number of carbonyl (C=O) groups excluding carboxylic acids is 1. The Hall–Kier alpha value is -1.10. The summed E-state index contributed by atoms with van der Waals surface area (Å²) in [5, 5.41) is 11.7. The summed E-state index contributed by atoms with van der Waals surface area (Å²) < 4.78 is 0. The molecular formula is C14H28N2O3. The van der Waals surface area contributed by atoms with Gasteiger partial charge in [-0.15, -0.1) is 0 Å². The standard InChI is InChI=1S/C14H28N2O3/c1-2-3-4-5-6-7-8-9-10-16-12(14(18)19)11-13(15)17/h12,16H,2-11H2,1H3,(H2,15,17)(H,18,19)/t12-/m0/s1. The molecule has 1 amide bonds. The van der Waals surface area contributed by atoms with E-state index in [2.05, 4.69) is 12.2 Å². The lowest BCUT2D eigenvalue weighted by Crippen LogP contribution is -2.40. The van der Waals surface area contributed by atoms with Crippen LogP contribution < -0.4 is 11.1 Å². The molecule has 0 spiro atoms. The predicted molar refractivity (Wildman–Crippen MR) is 75.8 cm³/mol. The number of amides is 1. The summed E-state index contributed by atoms with van der Waals surface area (Å²) in [6.45, 7) is 2.83. The third-order valence-electron chi connectivity index (χ3n) is 3.12. The number of carboxylic acids is 1. The largest absolute Gasteiger partial charge is 0.480 e. The van der Waals surface area contributed by atoms with Gasteiger partial charge in [-0.3, -0.25) is 9.59 Å². The molecule has 0 heterocycles. The Bertz CT molecular complexity index is 257. The van der Waals surface area contributed by atoms with Crippen molar-refractivity contribution in [1.29, 1.82) is 0 Å². The summed E-state index contributed by atoms with van der Waals surface area (Å²) in [5.74, 6) is -1.60. The minimum absolute atomic E-state index is 0.146. The van der Waals surface area contributed by atoms with Gasteiger partial charge in [-0.05, 0) is 13.0 Å². The van der Waals surface area contributed by atoms with E-state index in [0.717, 1.165) is 12.8 Å². The first-order valence-corrected chi connectivity index (χ1v) is 7.32. The molecule has 0 fully saturated rings. The molecular weight excluding hydrogens is 244 g/mol. The van der Waals surface area contributed by atoms with Crippen molar-refractivity contribution in [3.63, 3.8) is 0 Å². The molecule has 5 nitrogen and oxygen atoms in total. The predicted octanol–water partition coefficient (Wildman–Crippen LogP) is 2.05. The Kier molecular flexibility index (Phi) is 11.3. The van der Waals surface area contributed by atoms with Crippen LogP contribution in [-0.4, -0.2) is 29.6 Å². The third kappa shape index (κ3) is 11.7. The van der Waals surface area contributed by atoms with Crippen LogP contribution in [-0.2, 0) is 9.59 Å². The van der Waals surface area contributed by atoms with Crippen LogP contribution in [0, 0.1) is 0 Å². The van der Waals surface area contributed by atoms with E-state index in [1.807, 2.05) is 0 Å². The van der Waals surface area contributed by atoms with Crippen molar-refractivity contribution >= 4 is 11.9 Å². The van der Waals surface area contributed by atoms with Crippen molar-refractivity contribution in [1.82, 2.24) is 5.32 Å². The van der Waals surface area contributed by atoms with E-state index in [-0.39, 0.29) is 6.42 Å². The average molecular weight is 272 g/mol. The van der Waals surface area contributed by atoms with Crippen molar-refractivity contribution < 1.29 is 14.7 Å². The van der Waals surface area contributed by atoms with Gasteiger partial charge in [0.15, 0.2) is 0 Å². The zero-order valence-corrected chi connectivity index (χ0v) is 12.0. The molecule has 5 heteroatoms. The van der Waals surface area contributed by atoms with Crippen LogP contribution in [0.4, 0.5) is 0 Å². The molecule has 0 aromatic rings. The van der Waals surface area contributed by atoms with Crippen molar-refractivity contribution in [3.05, 3.63) is 0 Å². The summed E-state index contributed by atoms with van der Waals surface area (Å²) >= 11 is 0. The van der Waals surface area contributed by atoms with Crippen molar-refractivity contribution in [2.75, 3.05) is 6.54 Å². The molecule has 19 heavy (non-hydrogen) atoms. The lowest BCUT2D eigenvalue weighted by molar-refractivity contribution is -0.141. The van der Waals surface area contributed by atoms with Gasteiger partial charge in [-0.2, -0.15) is 0 Å². The second-order valence-electron chi connectivity index (χ2n) is 4.99. The Morgan fingerprint density at radius 3 is 2.05 bits per heavy atom. The lowest BCUT2D eigenvalue weighted by Gasteiger charge is -2.12. The van der Waals surface area contributed by atoms with E-state index in [9.17, 15) is 9.59 Å². The van der Waals surface area contributed by atoms with E-state index in [4.69, 9.17) is 10.8 Å². The number of carboxylic acid groups (broad SMARTS) is 1. The normalized spacial score (nSPS) is 12.3. The fraction of sp³-hybridized carbons (Fsp3) is 0.857. The Balaban J connectivity index is 3.45. The SMILES string of the molecule is CCCCCCCCCCN[C@@H](CC(N)=O)C(=O)O. The molecule has 0 saturated heterocycles. The van der Waals surface area contributed by atoms with E-state index in [1.54, 1.807) is 0 Å². The molecule has 0 aliphatic rings. The van der Waals surface area contributed by atoms with Crippen molar-refractivity contribution in [2.24, 2.45) is 5.73 Å². The summed E-state index contributed by atoms with van der Waals surface area (Å²) in [6, 6.07) is -0.845. The van der Waals surface area contributed by atoms with E-state index >= 15 is 0 Å². The van der Waals surface area contributed by atoms with E-state index < -0.39 is 17.9 Å². The molecule has 0 unspecified atom stereocenters. The van der Waals surface area contributed by atoms with Crippen molar-refractivity contribution in [3.8, 4) is 0 Å². The van der Waals surface area contributed by atoms with Crippen LogP contribution in [0.5, 0.6) is 0 Å². The highest BCUT2D eigenvalue weighted by Crippen LogP contribution is 2.08. The molecule has 0 aromatic heterocycles. The Labute approximate surface area is 115 Å². The molecule has 112 valence electrons. The highest BCUT2D eigenvalue weighted by atomic mass is 16.4. The third-order valence-corrected chi connectivity index (χ3v) is 3.12. The number of aliphatic carboxylic acids is 1. The van der Waals surface area contributed by atoms with Gasteiger partial charge in [-0.1, -0.05) is 51.9 Å². The van der Waals surface area contributed by atoms with Gasteiger partial charge in [0.05, 0.1) is 6.42 Å². The van der Waals surface area contributed by atoms with Crippen LogP contribution >= 0.6 is 0 Å². The number of unbranched alkanes of at least 4 members (excludes halogenated alkanes) is 7. The van der Waals surface area contributed by atoms with Gasteiger partial charge in [0.2, 0.25) is 5.91 Å². The molecule has 0 bridgehead atoms. The van der Waals surface area contributed by atoms with Crippen molar-refractivity contribution in [2.45, 2.75) is 70.8 Å². The van der Waals surface area contributed by atoms with Gasteiger partial charge in [0.1, 0.15) is 6.04 Å².